The van der Waals surface area contributed by atoms with E-state index in [1.165, 1.54) is 16.8 Å². The van der Waals surface area contributed by atoms with Crippen LogP contribution >= 0.6 is 11.3 Å². The van der Waals surface area contributed by atoms with Crippen molar-refractivity contribution in [2.24, 2.45) is 7.05 Å². The molecule has 0 atom stereocenters. The summed E-state index contributed by atoms with van der Waals surface area (Å²) >= 11 is 1.67. The van der Waals surface area contributed by atoms with Crippen LogP contribution < -0.4 is 4.90 Å². The number of benzene rings is 1. The number of anilines is 1. The highest BCUT2D eigenvalue weighted by Crippen LogP contribution is 2.29. The van der Waals surface area contributed by atoms with Gasteiger partial charge in [0.2, 0.25) is 5.13 Å². The zero-order valence-electron chi connectivity index (χ0n) is 13.4. The van der Waals surface area contributed by atoms with Crippen molar-refractivity contribution in [3.05, 3.63) is 46.6 Å². The molecule has 0 aliphatic carbocycles. The van der Waals surface area contributed by atoms with E-state index in [1.807, 2.05) is 17.7 Å². The molecule has 0 bridgehead atoms. The van der Waals surface area contributed by atoms with Gasteiger partial charge in [-0.2, -0.15) is 5.10 Å². The number of fused-ring (bicyclic) bond motifs is 1. The van der Waals surface area contributed by atoms with Crippen LogP contribution in [0.15, 0.2) is 30.3 Å². The standard InChI is InChI=1S/C17H19N5S/c1-12-18-19-17(23-12)22-10-8-14-15(9-11-22)21(2)20-16(14)13-6-4-3-5-7-13/h3-7H,8-11H2,1-2H3. The van der Waals surface area contributed by atoms with Crippen molar-refractivity contribution in [1.29, 1.82) is 0 Å². The van der Waals surface area contributed by atoms with Gasteiger partial charge in [0.25, 0.3) is 0 Å². The summed E-state index contributed by atoms with van der Waals surface area (Å²) in [5.74, 6) is 0. The molecule has 0 unspecified atom stereocenters. The highest BCUT2D eigenvalue weighted by molar-refractivity contribution is 7.15. The maximum atomic E-state index is 4.78. The van der Waals surface area contributed by atoms with Crippen molar-refractivity contribution in [2.45, 2.75) is 19.8 Å². The topological polar surface area (TPSA) is 46.8 Å². The third-order valence-corrected chi connectivity index (χ3v) is 5.26. The molecule has 0 N–H and O–H groups in total. The number of aryl methyl sites for hydroxylation is 2. The summed E-state index contributed by atoms with van der Waals surface area (Å²) in [7, 11) is 2.05. The van der Waals surface area contributed by atoms with Crippen molar-refractivity contribution in [3.8, 4) is 11.3 Å². The van der Waals surface area contributed by atoms with Gasteiger partial charge >= 0.3 is 0 Å². The number of hydrogen-bond donors (Lipinski definition) is 0. The molecule has 5 nitrogen and oxygen atoms in total. The third kappa shape index (κ3) is 2.63. The van der Waals surface area contributed by atoms with E-state index in [9.17, 15) is 0 Å². The van der Waals surface area contributed by atoms with E-state index in [2.05, 4.69) is 46.4 Å². The Hall–Kier alpha value is -2.21. The molecule has 118 valence electrons. The van der Waals surface area contributed by atoms with Gasteiger partial charge < -0.3 is 4.90 Å². The molecule has 1 aromatic carbocycles. The Kier molecular flexibility index (Phi) is 3.61. The molecule has 4 rings (SSSR count). The van der Waals surface area contributed by atoms with Crippen LogP contribution in [0.25, 0.3) is 11.3 Å². The predicted octanol–water partition coefficient (Wildman–Crippen LogP) is 2.85. The molecule has 1 aliphatic rings. The summed E-state index contributed by atoms with van der Waals surface area (Å²) in [5.41, 5.74) is 5.04. The van der Waals surface area contributed by atoms with Crippen LogP contribution in [-0.4, -0.2) is 33.1 Å². The fourth-order valence-electron chi connectivity index (χ4n) is 3.21. The zero-order valence-corrected chi connectivity index (χ0v) is 14.2. The van der Waals surface area contributed by atoms with Gasteiger partial charge in [-0.05, 0) is 13.3 Å². The first-order valence-corrected chi connectivity index (χ1v) is 8.69. The van der Waals surface area contributed by atoms with Gasteiger partial charge in [0, 0.05) is 43.4 Å². The fourth-order valence-corrected chi connectivity index (χ4v) is 3.95. The van der Waals surface area contributed by atoms with Crippen LogP contribution in [0, 0.1) is 6.92 Å². The molecule has 23 heavy (non-hydrogen) atoms. The summed E-state index contributed by atoms with van der Waals surface area (Å²) in [6.07, 6.45) is 1.98. The van der Waals surface area contributed by atoms with Crippen molar-refractivity contribution in [2.75, 3.05) is 18.0 Å². The second kappa shape index (κ2) is 5.77. The summed E-state index contributed by atoms with van der Waals surface area (Å²) in [5, 5.41) is 15.3. The van der Waals surface area contributed by atoms with Crippen LogP contribution in [-0.2, 0) is 19.9 Å². The molecule has 0 amide bonds. The van der Waals surface area contributed by atoms with Crippen molar-refractivity contribution in [1.82, 2.24) is 20.0 Å². The minimum Gasteiger partial charge on any atom is -0.346 e. The Morgan fingerprint density at radius 2 is 1.83 bits per heavy atom. The smallest absolute Gasteiger partial charge is 0.208 e. The fraction of sp³-hybridized carbons (Fsp3) is 0.353. The van der Waals surface area contributed by atoms with Crippen LogP contribution in [0.5, 0.6) is 0 Å². The number of nitrogens with zero attached hydrogens (tertiary/aromatic N) is 5. The molecule has 0 saturated carbocycles. The van der Waals surface area contributed by atoms with Crippen LogP contribution in [0.4, 0.5) is 5.13 Å². The molecular formula is C17H19N5S. The lowest BCUT2D eigenvalue weighted by Crippen LogP contribution is -2.26. The van der Waals surface area contributed by atoms with Crippen molar-refractivity contribution in [3.63, 3.8) is 0 Å². The Morgan fingerprint density at radius 1 is 1.04 bits per heavy atom. The van der Waals surface area contributed by atoms with Gasteiger partial charge in [0.1, 0.15) is 5.01 Å². The van der Waals surface area contributed by atoms with E-state index in [4.69, 9.17) is 5.10 Å². The van der Waals surface area contributed by atoms with E-state index < -0.39 is 0 Å². The average Bonchev–Trinajstić information content (AvgIpc) is 3.05. The Balaban J connectivity index is 1.67. The summed E-state index contributed by atoms with van der Waals surface area (Å²) in [6, 6.07) is 10.5. The molecule has 3 aromatic rings. The predicted molar refractivity (Wildman–Crippen MR) is 92.9 cm³/mol. The molecule has 0 radical (unpaired) electrons. The maximum absolute atomic E-state index is 4.78. The zero-order chi connectivity index (χ0) is 15.8. The molecular weight excluding hydrogens is 306 g/mol. The monoisotopic (exact) mass is 325 g/mol. The molecule has 0 spiro atoms. The Labute approximate surface area is 139 Å². The maximum Gasteiger partial charge on any atom is 0.208 e. The minimum absolute atomic E-state index is 0.965. The number of hydrogen-bond acceptors (Lipinski definition) is 5. The van der Waals surface area contributed by atoms with Gasteiger partial charge in [-0.15, -0.1) is 10.2 Å². The quantitative estimate of drug-likeness (QED) is 0.727. The van der Waals surface area contributed by atoms with Gasteiger partial charge in [-0.25, -0.2) is 0 Å². The first kappa shape index (κ1) is 14.4. The Bertz CT molecular complexity index is 821. The van der Waals surface area contributed by atoms with E-state index in [1.54, 1.807) is 11.3 Å². The lowest BCUT2D eigenvalue weighted by molar-refractivity contribution is 0.698. The summed E-state index contributed by atoms with van der Waals surface area (Å²) in [6.45, 7) is 3.94. The average molecular weight is 325 g/mol. The second-order valence-electron chi connectivity index (χ2n) is 5.85. The number of aromatic nitrogens is 4. The van der Waals surface area contributed by atoms with Gasteiger partial charge in [0.15, 0.2) is 0 Å². The van der Waals surface area contributed by atoms with Crippen LogP contribution in [0.2, 0.25) is 0 Å². The van der Waals surface area contributed by atoms with Gasteiger partial charge in [-0.1, -0.05) is 41.7 Å². The molecule has 1 aliphatic heterocycles. The van der Waals surface area contributed by atoms with Gasteiger partial charge in [-0.3, -0.25) is 4.68 Å². The third-order valence-electron chi connectivity index (χ3n) is 4.36. The minimum atomic E-state index is 0.965. The highest BCUT2D eigenvalue weighted by Gasteiger charge is 2.23. The lowest BCUT2D eigenvalue weighted by atomic mass is 10.0. The molecule has 2 aromatic heterocycles. The summed E-state index contributed by atoms with van der Waals surface area (Å²) < 4.78 is 2.05. The summed E-state index contributed by atoms with van der Waals surface area (Å²) in [4.78, 5) is 2.35. The highest BCUT2D eigenvalue weighted by atomic mass is 32.1. The SMILES string of the molecule is Cc1nnc(N2CCc3c(-c4ccccc4)nn(C)c3CC2)s1. The lowest BCUT2D eigenvalue weighted by Gasteiger charge is -2.18. The van der Waals surface area contributed by atoms with Crippen LogP contribution in [0.3, 0.4) is 0 Å². The second-order valence-corrected chi connectivity index (χ2v) is 7.01. The van der Waals surface area contributed by atoms with Crippen molar-refractivity contribution >= 4 is 16.5 Å². The Morgan fingerprint density at radius 3 is 2.57 bits per heavy atom. The number of rotatable bonds is 2. The first-order chi connectivity index (χ1) is 11.2. The van der Waals surface area contributed by atoms with E-state index in [0.29, 0.717) is 0 Å². The largest absolute Gasteiger partial charge is 0.346 e. The van der Waals surface area contributed by atoms with Crippen LogP contribution in [0.1, 0.15) is 16.3 Å². The van der Waals surface area contributed by atoms with E-state index in [-0.39, 0.29) is 0 Å². The molecule has 6 heteroatoms. The van der Waals surface area contributed by atoms with E-state index in [0.717, 1.165) is 41.8 Å². The first-order valence-electron chi connectivity index (χ1n) is 7.87. The van der Waals surface area contributed by atoms with E-state index >= 15 is 0 Å². The normalized spacial score (nSPS) is 14.6. The molecule has 0 saturated heterocycles. The molecule has 3 heterocycles. The van der Waals surface area contributed by atoms with Gasteiger partial charge in [0.05, 0.1) is 5.69 Å². The molecule has 0 fully saturated rings. The van der Waals surface area contributed by atoms with Crippen molar-refractivity contribution < 1.29 is 0 Å².